The maximum absolute atomic E-state index is 13.7. The molecule has 0 saturated carbocycles. The molecule has 0 radical (unpaired) electrons. The molecular formula is C15H14BrFO3. The van der Waals surface area contributed by atoms with Crippen LogP contribution in [0.15, 0.2) is 40.9 Å². The third kappa shape index (κ3) is 2.94. The Morgan fingerprint density at radius 1 is 1.05 bits per heavy atom. The van der Waals surface area contributed by atoms with Crippen LogP contribution in [0, 0.1) is 5.82 Å². The van der Waals surface area contributed by atoms with Gasteiger partial charge in [-0.15, -0.1) is 0 Å². The van der Waals surface area contributed by atoms with Crippen LogP contribution in [0.2, 0.25) is 0 Å². The van der Waals surface area contributed by atoms with Crippen molar-refractivity contribution in [2.45, 2.75) is 6.10 Å². The number of methoxy groups -OCH3 is 2. The van der Waals surface area contributed by atoms with Crippen LogP contribution in [0.5, 0.6) is 11.5 Å². The molecule has 1 atom stereocenters. The van der Waals surface area contributed by atoms with Gasteiger partial charge in [-0.1, -0.05) is 28.1 Å². The van der Waals surface area contributed by atoms with Crippen LogP contribution in [0.1, 0.15) is 17.2 Å². The first kappa shape index (κ1) is 14.8. The summed E-state index contributed by atoms with van der Waals surface area (Å²) in [5.74, 6) is 0.159. The molecule has 2 aromatic rings. The van der Waals surface area contributed by atoms with Gasteiger partial charge >= 0.3 is 0 Å². The van der Waals surface area contributed by atoms with Crippen molar-refractivity contribution in [3.63, 3.8) is 0 Å². The van der Waals surface area contributed by atoms with Crippen molar-refractivity contribution >= 4 is 15.9 Å². The zero-order valence-corrected chi connectivity index (χ0v) is 12.6. The first-order chi connectivity index (χ1) is 9.56. The number of hydrogen-bond donors (Lipinski definition) is 1. The van der Waals surface area contributed by atoms with Crippen LogP contribution < -0.4 is 9.47 Å². The molecule has 0 saturated heterocycles. The van der Waals surface area contributed by atoms with Gasteiger partial charge in [-0.25, -0.2) is 4.39 Å². The van der Waals surface area contributed by atoms with Crippen molar-refractivity contribution in [1.82, 2.24) is 0 Å². The van der Waals surface area contributed by atoms with Crippen molar-refractivity contribution in [3.8, 4) is 11.5 Å². The molecule has 1 N–H and O–H groups in total. The van der Waals surface area contributed by atoms with E-state index in [1.807, 2.05) is 0 Å². The Bertz CT molecular complexity index is 616. The fraction of sp³-hybridized carbons (Fsp3) is 0.200. The Morgan fingerprint density at radius 3 is 2.35 bits per heavy atom. The third-order valence-electron chi connectivity index (χ3n) is 2.98. The second-order valence-corrected chi connectivity index (χ2v) is 5.10. The largest absolute Gasteiger partial charge is 0.496 e. The number of aliphatic hydroxyl groups is 1. The quantitative estimate of drug-likeness (QED) is 0.922. The van der Waals surface area contributed by atoms with E-state index in [4.69, 9.17) is 9.47 Å². The first-order valence-electron chi connectivity index (χ1n) is 5.91. The van der Waals surface area contributed by atoms with Gasteiger partial charge in [0.1, 0.15) is 11.9 Å². The summed E-state index contributed by atoms with van der Waals surface area (Å²) < 4.78 is 24.6. The second kappa shape index (κ2) is 6.24. The summed E-state index contributed by atoms with van der Waals surface area (Å²) in [5, 5.41) is 10.4. The van der Waals surface area contributed by atoms with Gasteiger partial charge in [0, 0.05) is 10.0 Å². The Kier molecular flexibility index (Phi) is 4.62. The normalized spacial score (nSPS) is 12.1. The lowest BCUT2D eigenvalue weighted by molar-refractivity contribution is 0.214. The smallest absolute Gasteiger partial charge is 0.165 e. The summed E-state index contributed by atoms with van der Waals surface area (Å²) in [7, 11) is 2.92. The van der Waals surface area contributed by atoms with Crippen LogP contribution in [0.25, 0.3) is 0 Å². The summed E-state index contributed by atoms with van der Waals surface area (Å²) in [6.45, 7) is 0. The molecule has 0 spiro atoms. The molecule has 0 aromatic heterocycles. The first-order valence-corrected chi connectivity index (χ1v) is 6.71. The highest BCUT2D eigenvalue weighted by Crippen LogP contribution is 2.33. The van der Waals surface area contributed by atoms with Gasteiger partial charge < -0.3 is 14.6 Å². The molecule has 0 aliphatic rings. The van der Waals surface area contributed by atoms with E-state index in [2.05, 4.69) is 15.9 Å². The maximum Gasteiger partial charge on any atom is 0.165 e. The number of rotatable bonds is 4. The fourth-order valence-electron chi connectivity index (χ4n) is 1.94. The Hall–Kier alpha value is -1.59. The minimum atomic E-state index is -0.974. The molecule has 5 heteroatoms. The zero-order chi connectivity index (χ0) is 14.7. The molecule has 3 nitrogen and oxygen atoms in total. The molecule has 2 aromatic carbocycles. The van der Waals surface area contributed by atoms with E-state index in [1.165, 1.54) is 26.4 Å². The molecular weight excluding hydrogens is 327 g/mol. The van der Waals surface area contributed by atoms with Crippen LogP contribution in [-0.4, -0.2) is 19.3 Å². The summed E-state index contributed by atoms with van der Waals surface area (Å²) in [6.07, 6.45) is -0.974. The van der Waals surface area contributed by atoms with Gasteiger partial charge in [0.15, 0.2) is 11.6 Å². The third-order valence-corrected chi connectivity index (χ3v) is 3.47. The van der Waals surface area contributed by atoms with Crippen molar-refractivity contribution in [3.05, 3.63) is 57.8 Å². The van der Waals surface area contributed by atoms with Gasteiger partial charge in [0.2, 0.25) is 0 Å². The topological polar surface area (TPSA) is 38.7 Å². The Balaban J connectivity index is 2.40. The molecule has 0 aliphatic carbocycles. The van der Waals surface area contributed by atoms with E-state index < -0.39 is 11.9 Å². The van der Waals surface area contributed by atoms with E-state index in [-0.39, 0.29) is 5.75 Å². The number of hydrogen-bond acceptors (Lipinski definition) is 3. The Morgan fingerprint density at radius 2 is 1.75 bits per heavy atom. The van der Waals surface area contributed by atoms with E-state index in [1.54, 1.807) is 24.3 Å². The average molecular weight is 341 g/mol. The van der Waals surface area contributed by atoms with Crippen molar-refractivity contribution < 1.29 is 19.0 Å². The number of ether oxygens (including phenoxy) is 2. The summed E-state index contributed by atoms with van der Waals surface area (Å²) in [5.41, 5.74) is 1.00. The predicted octanol–water partition coefficient (Wildman–Crippen LogP) is 3.69. The molecule has 0 heterocycles. The summed E-state index contributed by atoms with van der Waals surface area (Å²) in [6, 6.07) is 9.63. The van der Waals surface area contributed by atoms with Crippen molar-refractivity contribution in [2.24, 2.45) is 0 Å². The standard InChI is InChI=1S/C15H14BrFO3/c1-19-13-6-3-9(7-12(13)17)15(18)11-5-4-10(16)8-14(11)20-2/h3-8,15,18H,1-2H3. The minimum Gasteiger partial charge on any atom is -0.496 e. The number of aliphatic hydroxyl groups excluding tert-OH is 1. The van der Waals surface area contributed by atoms with Crippen LogP contribution >= 0.6 is 15.9 Å². The van der Waals surface area contributed by atoms with E-state index in [9.17, 15) is 9.50 Å². The maximum atomic E-state index is 13.7. The molecule has 0 fully saturated rings. The van der Waals surface area contributed by atoms with Gasteiger partial charge in [0.05, 0.1) is 14.2 Å². The minimum absolute atomic E-state index is 0.142. The molecule has 2 rings (SSSR count). The lowest BCUT2D eigenvalue weighted by atomic mass is 10.0. The highest BCUT2D eigenvalue weighted by atomic mass is 79.9. The van der Waals surface area contributed by atoms with Crippen molar-refractivity contribution in [2.75, 3.05) is 14.2 Å². The lowest BCUT2D eigenvalue weighted by Gasteiger charge is -2.16. The molecule has 0 amide bonds. The van der Waals surface area contributed by atoms with Crippen LogP contribution in [-0.2, 0) is 0 Å². The zero-order valence-electron chi connectivity index (χ0n) is 11.1. The highest BCUT2D eigenvalue weighted by Gasteiger charge is 2.17. The monoisotopic (exact) mass is 340 g/mol. The van der Waals surface area contributed by atoms with E-state index in [0.29, 0.717) is 16.9 Å². The SMILES string of the molecule is COc1ccc(C(O)c2ccc(Br)cc2OC)cc1F. The number of halogens is 2. The molecule has 106 valence electrons. The molecule has 0 aliphatic heterocycles. The number of benzene rings is 2. The summed E-state index contributed by atoms with van der Waals surface area (Å²) in [4.78, 5) is 0. The van der Waals surface area contributed by atoms with Crippen LogP contribution in [0.4, 0.5) is 4.39 Å². The summed E-state index contributed by atoms with van der Waals surface area (Å²) >= 11 is 3.33. The van der Waals surface area contributed by atoms with Gasteiger partial charge in [-0.05, 0) is 29.8 Å². The lowest BCUT2D eigenvalue weighted by Crippen LogP contribution is -2.03. The second-order valence-electron chi connectivity index (χ2n) is 4.18. The van der Waals surface area contributed by atoms with E-state index in [0.717, 1.165) is 4.47 Å². The molecule has 20 heavy (non-hydrogen) atoms. The predicted molar refractivity (Wildman–Crippen MR) is 77.7 cm³/mol. The van der Waals surface area contributed by atoms with Gasteiger partial charge in [0.25, 0.3) is 0 Å². The van der Waals surface area contributed by atoms with Gasteiger partial charge in [-0.2, -0.15) is 0 Å². The highest BCUT2D eigenvalue weighted by molar-refractivity contribution is 9.10. The van der Waals surface area contributed by atoms with Crippen LogP contribution in [0.3, 0.4) is 0 Å². The fourth-order valence-corrected chi connectivity index (χ4v) is 2.28. The molecule has 1 unspecified atom stereocenters. The van der Waals surface area contributed by atoms with Gasteiger partial charge in [-0.3, -0.25) is 0 Å². The van der Waals surface area contributed by atoms with Crippen molar-refractivity contribution in [1.29, 1.82) is 0 Å². The Labute approximate surface area is 125 Å². The average Bonchev–Trinajstić information content (AvgIpc) is 2.46. The van der Waals surface area contributed by atoms with E-state index >= 15 is 0 Å². The molecule has 0 bridgehead atoms.